The summed E-state index contributed by atoms with van der Waals surface area (Å²) in [5.41, 5.74) is 2.68. The normalized spacial score (nSPS) is 10.3. The van der Waals surface area contributed by atoms with Gasteiger partial charge in [0, 0.05) is 17.1 Å². The number of phenols is 1. The Labute approximate surface area is 117 Å². The molecule has 19 heavy (non-hydrogen) atoms. The van der Waals surface area contributed by atoms with Gasteiger partial charge in [-0.25, -0.2) is 0 Å². The summed E-state index contributed by atoms with van der Waals surface area (Å²) < 4.78 is 5.29. The number of ether oxygens (including phenoxy) is 1. The number of nitrogens with one attached hydrogen (secondary N) is 1. The molecule has 0 fully saturated rings. The van der Waals surface area contributed by atoms with E-state index in [0.717, 1.165) is 17.0 Å². The zero-order valence-corrected chi connectivity index (χ0v) is 11.7. The lowest BCUT2D eigenvalue weighted by Gasteiger charge is -2.13. The first-order chi connectivity index (χ1) is 9.11. The molecule has 2 aromatic carbocycles. The van der Waals surface area contributed by atoms with Crippen LogP contribution in [0.15, 0.2) is 36.4 Å². The van der Waals surface area contributed by atoms with Crippen molar-refractivity contribution in [2.24, 2.45) is 0 Å². The van der Waals surface area contributed by atoms with E-state index < -0.39 is 0 Å². The van der Waals surface area contributed by atoms with Gasteiger partial charge >= 0.3 is 0 Å². The van der Waals surface area contributed by atoms with Crippen molar-refractivity contribution >= 4 is 17.3 Å². The van der Waals surface area contributed by atoms with Crippen LogP contribution in [0.3, 0.4) is 0 Å². The predicted octanol–water partition coefficient (Wildman–Crippen LogP) is 3.97. The number of anilines is 1. The van der Waals surface area contributed by atoms with E-state index in [1.807, 2.05) is 25.1 Å². The van der Waals surface area contributed by atoms with E-state index in [1.54, 1.807) is 25.3 Å². The molecule has 0 aromatic heterocycles. The Hall–Kier alpha value is -1.87. The van der Waals surface area contributed by atoms with Gasteiger partial charge in [-0.3, -0.25) is 0 Å². The smallest absolute Gasteiger partial charge is 0.141 e. The van der Waals surface area contributed by atoms with Gasteiger partial charge in [0.15, 0.2) is 0 Å². The molecule has 2 N–H and O–H groups in total. The average molecular weight is 278 g/mol. The Morgan fingerprint density at radius 2 is 2.05 bits per heavy atom. The Bertz CT molecular complexity index is 564. The van der Waals surface area contributed by atoms with Crippen LogP contribution in [0.1, 0.15) is 11.1 Å². The van der Waals surface area contributed by atoms with E-state index in [-0.39, 0.29) is 5.75 Å². The molecule has 0 amide bonds. The number of hydrogen-bond donors (Lipinski definition) is 2. The molecule has 0 atom stereocenters. The third kappa shape index (κ3) is 3.12. The minimum absolute atomic E-state index is 0.187. The van der Waals surface area contributed by atoms with Gasteiger partial charge in [0.05, 0.1) is 12.8 Å². The Morgan fingerprint density at radius 3 is 2.74 bits per heavy atom. The second-order valence-corrected chi connectivity index (χ2v) is 4.70. The molecule has 0 radical (unpaired) electrons. The highest BCUT2D eigenvalue weighted by Gasteiger charge is 2.08. The summed E-state index contributed by atoms with van der Waals surface area (Å²) in [6.45, 7) is 2.45. The number of aryl methyl sites for hydroxylation is 1. The Balaban J connectivity index is 2.21. The van der Waals surface area contributed by atoms with Crippen LogP contribution >= 0.6 is 11.6 Å². The van der Waals surface area contributed by atoms with E-state index in [0.29, 0.717) is 17.1 Å². The number of aromatic hydroxyl groups is 1. The molecule has 0 spiro atoms. The highest BCUT2D eigenvalue weighted by molar-refractivity contribution is 6.31. The summed E-state index contributed by atoms with van der Waals surface area (Å²) in [5, 5.41) is 13.6. The van der Waals surface area contributed by atoms with Crippen molar-refractivity contribution in [3.05, 3.63) is 52.5 Å². The van der Waals surface area contributed by atoms with E-state index >= 15 is 0 Å². The first-order valence-electron chi connectivity index (χ1n) is 5.96. The molecule has 2 rings (SSSR count). The third-order valence-corrected chi connectivity index (χ3v) is 3.26. The summed E-state index contributed by atoms with van der Waals surface area (Å²) in [7, 11) is 1.63. The van der Waals surface area contributed by atoms with Crippen molar-refractivity contribution in [3.8, 4) is 11.5 Å². The molecule has 0 aliphatic heterocycles. The van der Waals surface area contributed by atoms with Crippen molar-refractivity contribution in [3.63, 3.8) is 0 Å². The number of phenolic OH excluding ortho intramolecular Hbond substituents is 1. The SMILES string of the molecule is COc1ccc(C)cc1NCc1c(O)cccc1Cl. The average Bonchev–Trinajstić information content (AvgIpc) is 2.38. The second-order valence-electron chi connectivity index (χ2n) is 4.29. The quantitative estimate of drug-likeness (QED) is 0.888. The number of hydrogen-bond acceptors (Lipinski definition) is 3. The van der Waals surface area contributed by atoms with Gasteiger partial charge in [0.1, 0.15) is 11.5 Å². The number of benzene rings is 2. The first kappa shape index (κ1) is 13.6. The molecule has 0 saturated heterocycles. The molecule has 0 bridgehead atoms. The molecule has 4 heteroatoms. The van der Waals surface area contributed by atoms with Gasteiger partial charge in [-0.05, 0) is 36.8 Å². The Kier molecular flexibility index (Phi) is 4.17. The molecule has 0 saturated carbocycles. The van der Waals surface area contributed by atoms with Crippen molar-refractivity contribution in [1.82, 2.24) is 0 Å². The van der Waals surface area contributed by atoms with Crippen LogP contribution in [0, 0.1) is 6.92 Å². The molecule has 2 aromatic rings. The van der Waals surface area contributed by atoms with E-state index in [1.165, 1.54) is 0 Å². The van der Waals surface area contributed by atoms with Crippen LogP contribution in [0.4, 0.5) is 5.69 Å². The lowest BCUT2D eigenvalue weighted by Crippen LogP contribution is -2.02. The molecule has 0 heterocycles. The zero-order valence-electron chi connectivity index (χ0n) is 10.9. The highest BCUT2D eigenvalue weighted by Crippen LogP contribution is 2.29. The number of methoxy groups -OCH3 is 1. The maximum Gasteiger partial charge on any atom is 0.141 e. The fourth-order valence-electron chi connectivity index (χ4n) is 1.87. The molecular formula is C15H16ClNO2. The summed E-state index contributed by atoms with van der Waals surface area (Å²) in [5.74, 6) is 0.948. The minimum Gasteiger partial charge on any atom is -0.508 e. The summed E-state index contributed by atoms with van der Waals surface area (Å²) >= 11 is 6.07. The number of halogens is 1. The van der Waals surface area contributed by atoms with E-state index in [9.17, 15) is 5.11 Å². The van der Waals surface area contributed by atoms with Crippen LogP contribution in [-0.4, -0.2) is 12.2 Å². The second kappa shape index (κ2) is 5.85. The maximum absolute atomic E-state index is 9.79. The standard InChI is InChI=1S/C15H16ClNO2/c1-10-6-7-15(19-2)13(8-10)17-9-11-12(16)4-3-5-14(11)18/h3-8,17-18H,9H2,1-2H3. The van der Waals surface area contributed by atoms with E-state index in [4.69, 9.17) is 16.3 Å². The monoisotopic (exact) mass is 277 g/mol. The van der Waals surface area contributed by atoms with Crippen molar-refractivity contribution in [2.75, 3.05) is 12.4 Å². The van der Waals surface area contributed by atoms with Gasteiger partial charge in [0.2, 0.25) is 0 Å². The van der Waals surface area contributed by atoms with Crippen LogP contribution in [0.2, 0.25) is 5.02 Å². The largest absolute Gasteiger partial charge is 0.508 e. The van der Waals surface area contributed by atoms with Crippen molar-refractivity contribution in [1.29, 1.82) is 0 Å². The fourth-order valence-corrected chi connectivity index (χ4v) is 2.10. The third-order valence-electron chi connectivity index (χ3n) is 2.90. The van der Waals surface area contributed by atoms with Crippen LogP contribution in [0.5, 0.6) is 11.5 Å². The maximum atomic E-state index is 9.79. The molecule has 0 aliphatic carbocycles. The molecule has 100 valence electrons. The van der Waals surface area contributed by atoms with Gasteiger partial charge in [0.25, 0.3) is 0 Å². The Morgan fingerprint density at radius 1 is 1.26 bits per heavy atom. The molecule has 0 aliphatic rings. The minimum atomic E-state index is 0.187. The first-order valence-corrected chi connectivity index (χ1v) is 6.34. The summed E-state index contributed by atoms with van der Waals surface area (Å²) in [4.78, 5) is 0. The van der Waals surface area contributed by atoms with Crippen LogP contribution in [0.25, 0.3) is 0 Å². The van der Waals surface area contributed by atoms with Gasteiger partial charge < -0.3 is 15.2 Å². The van der Waals surface area contributed by atoms with Gasteiger partial charge in [-0.2, -0.15) is 0 Å². The topological polar surface area (TPSA) is 41.5 Å². The van der Waals surface area contributed by atoms with Crippen LogP contribution < -0.4 is 10.1 Å². The summed E-state index contributed by atoms with van der Waals surface area (Å²) in [6.07, 6.45) is 0. The van der Waals surface area contributed by atoms with Crippen molar-refractivity contribution in [2.45, 2.75) is 13.5 Å². The fraction of sp³-hybridized carbons (Fsp3) is 0.200. The summed E-state index contributed by atoms with van der Waals surface area (Å²) in [6, 6.07) is 11.0. The molecular weight excluding hydrogens is 262 g/mol. The molecule has 0 unspecified atom stereocenters. The predicted molar refractivity (Wildman–Crippen MR) is 78.2 cm³/mol. The number of rotatable bonds is 4. The van der Waals surface area contributed by atoms with Gasteiger partial charge in [-0.15, -0.1) is 0 Å². The lowest BCUT2D eigenvalue weighted by molar-refractivity contribution is 0.416. The molecule has 3 nitrogen and oxygen atoms in total. The zero-order chi connectivity index (χ0) is 13.8. The van der Waals surface area contributed by atoms with Crippen molar-refractivity contribution < 1.29 is 9.84 Å². The highest BCUT2D eigenvalue weighted by atomic mass is 35.5. The lowest BCUT2D eigenvalue weighted by atomic mass is 10.1. The van der Waals surface area contributed by atoms with Crippen LogP contribution in [-0.2, 0) is 6.54 Å². The van der Waals surface area contributed by atoms with Gasteiger partial charge in [-0.1, -0.05) is 23.7 Å². The van der Waals surface area contributed by atoms with E-state index in [2.05, 4.69) is 5.32 Å².